The van der Waals surface area contributed by atoms with Crippen LogP contribution >= 0.6 is 0 Å². The second-order valence-electron chi connectivity index (χ2n) is 5.87. The zero-order chi connectivity index (χ0) is 15.7. The first-order valence-corrected chi connectivity index (χ1v) is 7.20. The zero-order valence-corrected chi connectivity index (χ0v) is 13.0. The quantitative estimate of drug-likeness (QED) is 0.798. The van der Waals surface area contributed by atoms with Crippen LogP contribution in [0.5, 0.6) is 5.75 Å². The molecule has 0 atom stereocenters. The van der Waals surface area contributed by atoms with E-state index in [2.05, 4.69) is 4.98 Å². The molecule has 1 N–H and O–H groups in total. The van der Waals surface area contributed by atoms with Crippen molar-refractivity contribution in [2.45, 2.75) is 25.9 Å². The highest BCUT2D eigenvalue weighted by atomic mass is 16.5. The molecule has 0 aliphatic rings. The molecule has 4 nitrogen and oxygen atoms in total. The summed E-state index contributed by atoms with van der Waals surface area (Å²) in [6, 6.07) is 11.7. The van der Waals surface area contributed by atoms with Crippen LogP contribution in [0, 0.1) is 0 Å². The smallest absolute Gasteiger partial charge is 0.156 e. The molecule has 0 bridgehead atoms. The summed E-state index contributed by atoms with van der Waals surface area (Å²) in [6.45, 7) is 3.42. The standard InChI is InChI=1S/C18H19NO3/c1-18(2,20)16-11-13-8-9-19-15(17(13)22-16)10-12-4-6-14(21-3)7-5-12/h4-9,11,20H,10H2,1-3H3. The van der Waals surface area contributed by atoms with E-state index in [0.717, 1.165) is 28.0 Å². The molecular weight excluding hydrogens is 278 g/mol. The number of aliphatic hydroxyl groups is 1. The van der Waals surface area contributed by atoms with E-state index in [4.69, 9.17) is 9.15 Å². The van der Waals surface area contributed by atoms with E-state index >= 15 is 0 Å². The largest absolute Gasteiger partial charge is 0.497 e. The molecule has 2 aromatic heterocycles. The number of furan rings is 1. The van der Waals surface area contributed by atoms with Gasteiger partial charge in [0.05, 0.1) is 12.8 Å². The Morgan fingerprint density at radius 1 is 1.18 bits per heavy atom. The normalized spacial score (nSPS) is 11.8. The first kappa shape index (κ1) is 14.6. The summed E-state index contributed by atoms with van der Waals surface area (Å²) >= 11 is 0. The Balaban J connectivity index is 1.97. The average molecular weight is 297 g/mol. The van der Waals surface area contributed by atoms with Gasteiger partial charge in [0.15, 0.2) is 5.58 Å². The van der Waals surface area contributed by atoms with Crippen LogP contribution < -0.4 is 4.74 Å². The van der Waals surface area contributed by atoms with Crippen molar-refractivity contribution in [1.29, 1.82) is 0 Å². The summed E-state index contributed by atoms with van der Waals surface area (Å²) in [7, 11) is 1.65. The monoisotopic (exact) mass is 297 g/mol. The summed E-state index contributed by atoms with van der Waals surface area (Å²) in [4.78, 5) is 4.43. The Hall–Kier alpha value is -2.33. The molecule has 0 amide bonds. The molecule has 0 spiro atoms. The van der Waals surface area contributed by atoms with Crippen LogP contribution in [-0.2, 0) is 12.0 Å². The topological polar surface area (TPSA) is 55.5 Å². The van der Waals surface area contributed by atoms with Crippen molar-refractivity contribution in [3.8, 4) is 5.75 Å². The Kier molecular flexibility index (Phi) is 3.62. The Labute approximate surface area is 129 Å². The van der Waals surface area contributed by atoms with E-state index in [1.165, 1.54) is 0 Å². The van der Waals surface area contributed by atoms with E-state index in [1.807, 2.05) is 36.4 Å². The van der Waals surface area contributed by atoms with Gasteiger partial charge in [0.1, 0.15) is 17.1 Å². The molecule has 3 rings (SSSR count). The predicted molar refractivity (Wildman–Crippen MR) is 85.1 cm³/mol. The van der Waals surface area contributed by atoms with Crippen LogP contribution in [0.2, 0.25) is 0 Å². The third-order valence-corrected chi connectivity index (χ3v) is 3.64. The summed E-state index contributed by atoms with van der Waals surface area (Å²) < 4.78 is 11.0. The molecule has 2 heterocycles. The molecule has 114 valence electrons. The summed E-state index contributed by atoms with van der Waals surface area (Å²) in [5.74, 6) is 1.38. The fourth-order valence-corrected chi connectivity index (χ4v) is 2.38. The molecule has 22 heavy (non-hydrogen) atoms. The summed E-state index contributed by atoms with van der Waals surface area (Å²) in [5, 5.41) is 11.1. The minimum absolute atomic E-state index is 0.548. The fourth-order valence-electron chi connectivity index (χ4n) is 2.38. The molecule has 0 aliphatic heterocycles. The third kappa shape index (κ3) is 2.83. The van der Waals surface area contributed by atoms with Gasteiger partial charge in [0.2, 0.25) is 0 Å². The van der Waals surface area contributed by atoms with Crippen molar-refractivity contribution < 1.29 is 14.3 Å². The molecule has 0 aliphatic carbocycles. The highest BCUT2D eigenvalue weighted by Crippen LogP contribution is 2.29. The molecule has 0 unspecified atom stereocenters. The first-order valence-electron chi connectivity index (χ1n) is 7.20. The molecule has 0 radical (unpaired) electrons. The Bertz CT molecular complexity index is 782. The zero-order valence-electron chi connectivity index (χ0n) is 13.0. The second-order valence-corrected chi connectivity index (χ2v) is 5.87. The molecule has 0 saturated carbocycles. The minimum Gasteiger partial charge on any atom is -0.497 e. The number of methoxy groups -OCH3 is 1. The average Bonchev–Trinajstić information content (AvgIpc) is 2.93. The lowest BCUT2D eigenvalue weighted by Gasteiger charge is -2.12. The van der Waals surface area contributed by atoms with Crippen molar-refractivity contribution in [3.63, 3.8) is 0 Å². The van der Waals surface area contributed by atoms with Gasteiger partial charge in [-0.15, -0.1) is 0 Å². The van der Waals surface area contributed by atoms with E-state index in [-0.39, 0.29) is 0 Å². The van der Waals surface area contributed by atoms with Gasteiger partial charge in [-0.1, -0.05) is 12.1 Å². The van der Waals surface area contributed by atoms with Crippen molar-refractivity contribution in [2.24, 2.45) is 0 Å². The number of hydrogen-bond donors (Lipinski definition) is 1. The van der Waals surface area contributed by atoms with Gasteiger partial charge in [-0.05, 0) is 43.7 Å². The highest BCUT2D eigenvalue weighted by molar-refractivity contribution is 5.80. The lowest BCUT2D eigenvalue weighted by molar-refractivity contribution is 0.0558. The molecule has 4 heteroatoms. The number of aromatic nitrogens is 1. The summed E-state index contributed by atoms with van der Waals surface area (Å²) in [6.07, 6.45) is 2.44. The van der Waals surface area contributed by atoms with Crippen LogP contribution in [-0.4, -0.2) is 17.2 Å². The van der Waals surface area contributed by atoms with Gasteiger partial charge in [0, 0.05) is 18.0 Å². The molecule has 1 aromatic carbocycles. The second kappa shape index (κ2) is 5.46. The van der Waals surface area contributed by atoms with Gasteiger partial charge in [-0.3, -0.25) is 4.98 Å². The SMILES string of the molecule is COc1ccc(Cc2nccc3cc(C(C)(C)O)oc23)cc1. The predicted octanol–water partition coefficient (Wildman–Crippen LogP) is 3.65. The molecule has 3 aromatic rings. The molecule has 0 fully saturated rings. The van der Waals surface area contributed by atoms with E-state index in [1.54, 1.807) is 27.2 Å². The number of benzene rings is 1. The van der Waals surface area contributed by atoms with E-state index in [0.29, 0.717) is 12.2 Å². The lowest BCUT2D eigenvalue weighted by Crippen LogP contribution is -2.13. The van der Waals surface area contributed by atoms with Crippen molar-refractivity contribution in [3.05, 3.63) is 59.6 Å². The van der Waals surface area contributed by atoms with E-state index < -0.39 is 5.60 Å². The molecule has 0 saturated heterocycles. The number of hydrogen-bond acceptors (Lipinski definition) is 4. The van der Waals surface area contributed by atoms with Gasteiger partial charge in [-0.25, -0.2) is 0 Å². The maximum atomic E-state index is 10.1. The third-order valence-electron chi connectivity index (χ3n) is 3.64. The summed E-state index contributed by atoms with van der Waals surface area (Å²) in [5.41, 5.74) is 1.71. The van der Waals surface area contributed by atoms with Crippen molar-refractivity contribution in [1.82, 2.24) is 4.98 Å². The lowest BCUT2D eigenvalue weighted by atomic mass is 10.1. The van der Waals surface area contributed by atoms with Crippen LogP contribution in [0.4, 0.5) is 0 Å². The van der Waals surface area contributed by atoms with Crippen LogP contribution in [0.25, 0.3) is 11.0 Å². The number of fused-ring (bicyclic) bond motifs is 1. The Morgan fingerprint density at radius 2 is 1.91 bits per heavy atom. The fraction of sp³-hybridized carbons (Fsp3) is 0.278. The number of ether oxygens (including phenoxy) is 1. The van der Waals surface area contributed by atoms with Crippen molar-refractivity contribution >= 4 is 11.0 Å². The van der Waals surface area contributed by atoms with Gasteiger partial charge >= 0.3 is 0 Å². The number of nitrogens with zero attached hydrogens (tertiary/aromatic N) is 1. The maximum absolute atomic E-state index is 10.1. The van der Waals surface area contributed by atoms with E-state index in [9.17, 15) is 5.11 Å². The van der Waals surface area contributed by atoms with Crippen LogP contribution in [0.15, 0.2) is 47.0 Å². The minimum atomic E-state index is -1.00. The maximum Gasteiger partial charge on any atom is 0.156 e. The van der Waals surface area contributed by atoms with Crippen molar-refractivity contribution in [2.75, 3.05) is 7.11 Å². The van der Waals surface area contributed by atoms with Gasteiger partial charge in [0.25, 0.3) is 0 Å². The van der Waals surface area contributed by atoms with Gasteiger partial charge in [-0.2, -0.15) is 0 Å². The number of rotatable bonds is 4. The first-order chi connectivity index (χ1) is 10.5. The Morgan fingerprint density at radius 3 is 2.55 bits per heavy atom. The van der Waals surface area contributed by atoms with Crippen LogP contribution in [0.1, 0.15) is 30.9 Å². The highest BCUT2D eigenvalue weighted by Gasteiger charge is 2.22. The number of pyridine rings is 1. The molecular formula is C18H19NO3. The van der Waals surface area contributed by atoms with Gasteiger partial charge < -0.3 is 14.3 Å². The van der Waals surface area contributed by atoms with Crippen LogP contribution in [0.3, 0.4) is 0 Å².